The molecule has 80 valence electrons. The largest absolute Gasteiger partial charge is 0.347 e. The van der Waals surface area contributed by atoms with Crippen LogP contribution in [0, 0.1) is 0 Å². The van der Waals surface area contributed by atoms with Crippen molar-refractivity contribution in [2.24, 2.45) is 0 Å². The Hall–Kier alpha value is -0.580. The topological polar surface area (TPSA) is 40.6 Å². The number of nitrogens with zero attached hydrogens (tertiary/aromatic N) is 2. The second-order valence-corrected chi connectivity index (χ2v) is 4.17. The van der Waals surface area contributed by atoms with Crippen LogP contribution in [0.5, 0.6) is 0 Å². The minimum atomic E-state index is -0.241. The Balaban J connectivity index is 2.68. The summed E-state index contributed by atoms with van der Waals surface area (Å²) < 4.78 is 0. The molecule has 14 heavy (non-hydrogen) atoms. The molecule has 1 heterocycles. The van der Waals surface area contributed by atoms with E-state index in [2.05, 4.69) is 15.9 Å². The van der Waals surface area contributed by atoms with Crippen LogP contribution in [0.4, 0.5) is 0 Å². The molecule has 0 aromatic heterocycles. The minimum Gasteiger partial charge on any atom is -0.347 e. The molecule has 0 spiro atoms. The van der Waals surface area contributed by atoms with Crippen LogP contribution in [0.2, 0.25) is 0 Å². The van der Waals surface area contributed by atoms with Crippen LogP contribution in [-0.2, 0) is 9.59 Å². The van der Waals surface area contributed by atoms with Gasteiger partial charge >= 0.3 is 0 Å². The monoisotopic (exact) mass is 262 g/mol. The van der Waals surface area contributed by atoms with Crippen molar-refractivity contribution in [1.82, 2.24) is 9.80 Å². The number of hydrogen-bond acceptors (Lipinski definition) is 2. The summed E-state index contributed by atoms with van der Waals surface area (Å²) in [6.07, 6.45) is 1.71. The van der Waals surface area contributed by atoms with Crippen LogP contribution in [0.15, 0.2) is 0 Å². The zero-order valence-corrected chi connectivity index (χ0v) is 10.1. The molecular weight excluding hydrogens is 248 g/mol. The number of carbonyl (C=O) groups excluding carboxylic acids is 2. The Morgan fingerprint density at radius 1 is 1.50 bits per heavy atom. The molecule has 0 aromatic carbocycles. The molecular formula is C9H15BrN2O2. The normalized spacial score (nSPS) is 21.1. The number of rotatable bonds is 2. The molecule has 0 N–H and O–H groups in total. The molecule has 0 saturated carbocycles. The third-order valence-electron chi connectivity index (χ3n) is 2.41. The van der Waals surface area contributed by atoms with Gasteiger partial charge in [-0.25, -0.2) is 0 Å². The molecule has 0 aliphatic carbocycles. The van der Waals surface area contributed by atoms with E-state index >= 15 is 0 Å². The molecule has 1 fully saturated rings. The number of amides is 2. The number of likely N-dealkylation sites (N-methyl/N-ethyl adjacent to an activating group) is 1. The van der Waals surface area contributed by atoms with Crippen molar-refractivity contribution in [2.75, 3.05) is 26.0 Å². The summed E-state index contributed by atoms with van der Waals surface area (Å²) >= 11 is 3.12. The first-order valence-corrected chi connectivity index (χ1v) is 5.76. The van der Waals surface area contributed by atoms with E-state index in [4.69, 9.17) is 0 Å². The third kappa shape index (κ3) is 2.26. The van der Waals surface area contributed by atoms with E-state index in [0.717, 1.165) is 12.8 Å². The fourth-order valence-electron chi connectivity index (χ4n) is 1.70. The molecule has 1 aliphatic rings. The van der Waals surface area contributed by atoms with E-state index in [9.17, 15) is 9.59 Å². The summed E-state index contributed by atoms with van der Waals surface area (Å²) in [5, 5.41) is 0.296. The first kappa shape index (κ1) is 11.5. The van der Waals surface area contributed by atoms with E-state index < -0.39 is 0 Å². The highest BCUT2D eigenvalue weighted by Crippen LogP contribution is 2.19. The average Bonchev–Trinajstić information content (AvgIpc) is 2.63. The Morgan fingerprint density at radius 3 is 2.64 bits per heavy atom. The van der Waals surface area contributed by atoms with Gasteiger partial charge in [-0.05, 0) is 12.8 Å². The molecule has 5 heteroatoms. The van der Waals surface area contributed by atoms with Gasteiger partial charge in [0.1, 0.15) is 6.04 Å². The van der Waals surface area contributed by atoms with E-state index in [1.807, 2.05) is 0 Å². The Bertz CT molecular complexity index is 243. The molecule has 0 unspecified atom stereocenters. The van der Waals surface area contributed by atoms with Gasteiger partial charge in [-0.2, -0.15) is 0 Å². The summed E-state index contributed by atoms with van der Waals surface area (Å²) in [5.74, 6) is 0.0273. The zero-order chi connectivity index (χ0) is 10.7. The smallest absolute Gasteiger partial charge is 0.244 e. The minimum absolute atomic E-state index is 0.00250. The summed E-state index contributed by atoms with van der Waals surface area (Å²) in [4.78, 5) is 26.4. The highest BCUT2D eigenvalue weighted by atomic mass is 79.9. The number of halogens is 1. The summed E-state index contributed by atoms with van der Waals surface area (Å²) in [6, 6.07) is -0.241. The predicted molar refractivity (Wildman–Crippen MR) is 57.2 cm³/mol. The second-order valence-electron chi connectivity index (χ2n) is 3.61. The molecule has 1 aliphatic heterocycles. The number of alkyl halides is 1. The van der Waals surface area contributed by atoms with Crippen molar-refractivity contribution in [2.45, 2.75) is 18.9 Å². The average molecular weight is 263 g/mol. The van der Waals surface area contributed by atoms with Crippen molar-refractivity contribution in [3.8, 4) is 0 Å². The van der Waals surface area contributed by atoms with Gasteiger partial charge in [0.2, 0.25) is 11.8 Å². The quantitative estimate of drug-likeness (QED) is 0.679. The maximum atomic E-state index is 11.7. The molecule has 2 amide bonds. The number of carbonyl (C=O) groups is 2. The molecule has 1 saturated heterocycles. The highest BCUT2D eigenvalue weighted by Gasteiger charge is 2.34. The molecule has 0 radical (unpaired) electrons. The van der Waals surface area contributed by atoms with Gasteiger partial charge in [-0.1, -0.05) is 15.9 Å². The predicted octanol–water partition coefficient (Wildman–Crippen LogP) is 0.460. The number of likely N-dealkylation sites (tertiary alicyclic amines) is 1. The molecule has 4 nitrogen and oxygen atoms in total. The summed E-state index contributed by atoms with van der Waals surface area (Å²) in [5.41, 5.74) is 0. The van der Waals surface area contributed by atoms with Crippen LogP contribution in [0.25, 0.3) is 0 Å². The molecule has 0 bridgehead atoms. The summed E-state index contributed by atoms with van der Waals surface area (Å²) in [7, 11) is 3.44. The van der Waals surface area contributed by atoms with Crippen LogP contribution >= 0.6 is 15.9 Å². The lowest BCUT2D eigenvalue weighted by atomic mass is 10.2. The number of hydrogen-bond donors (Lipinski definition) is 0. The maximum Gasteiger partial charge on any atom is 0.244 e. The lowest BCUT2D eigenvalue weighted by molar-refractivity contribution is -0.140. The van der Waals surface area contributed by atoms with E-state index in [0.29, 0.717) is 11.9 Å². The van der Waals surface area contributed by atoms with E-state index in [1.165, 1.54) is 0 Å². The molecule has 0 aromatic rings. The maximum absolute atomic E-state index is 11.7. The lowest BCUT2D eigenvalue weighted by Gasteiger charge is -2.25. The summed E-state index contributed by atoms with van der Waals surface area (Å²) in [6.45, 7) is 0.703. The third-order valence-corrected chi connectivity index (χ3v) is 2.89. The van der Waals surface area contributed by atoms with Crippen molar-refractivity contribution >= 4 is 27.7 Å². The van der Waals surface area contributed by atoms with Crippen molar-refractivity contribution in [1.29, 1.82) is 0 Å². The van der Waals surface area contributed by atoms with Gasteiger partial charge < -0.3 is 9.80 Å². The fourth-order valence-corrected chi connectivity index (χ4v) is 2.02. The van der Waals surface area contributed by atoms with Gasteiger partial charge in [0, 0.05) is 20.6 Å². The Labute approximate surface area is 92.4 Å². The lowest BCUT2D eigenvalue weighted by Crippen LogP contribution is -2.45. The van der Waals surface area contributed by atoms with Crippen LogP contribution in [-0.4, -0.2) is 53.6 Å². The molecule has 1 atom stereocenters. The Morgan fingerprint density at radius 2 is 2.14 bits per heavy atom. The standard InChI is InChI=1S/C9H15BrN2O2/c1-11(2)9(14)7-4-3-5-12(7)8(13)6-10/h7H,3-6H2,1-2H3/t7-/m0/s1. The van der Waals surface area contributed by atoms with Gasteiger partial charge in [0.25, 0.3) is 0 Å². The van der Waals surface area contributed by atoms with Crippen LogP contribution in [0.3, 0.4) is 0 Å². The van der Waals surface area contributed by atoms with E-state index in [-0.39, 0.29) is 17.9 Å². The van der Waals surface area contributed by atoms with Gasteiger partial charge in [-0.15, -0.1) is 0 Å². The van der Waals surface area contributed by atoms with Crippen molar-refractivity contribution in [3.63, 3.8) is 0 Å². The van der Waals surface area contributed by atoms with Crippen LogP contribution in [0.1, 0.15) is 12.8 Å². The second kappa shape index (κ2) is 4.77. The van der Waals surface area contributed by atoms with Gasteiger partial charge in [-0.3, -0.25) is 9.59 Å². The fraction of sp³-hybridized carbons (Fsp3) is 0.778. The first-order chi connectivity index (χ1) is 6.57. The van der Waals surface area contributed by atoms with Gasteiger partial charge in [0.15, 0.2) is 0 Å². The zero-order valence-electron chi connectivity index (χ0n) is 8.49. The highest BCUT2D eigenvalue weighted by molar-refractivity contribution is 9.09. The van der Waals surface area contributed by atoms with Crippen molar-refractivity contribution < 1.29 is 9.59 Å². The molecule has 1 rings (SSSR count). The Kier molecular flexibility index (Phi) is 3.92. The van der Waals surface area contributed by atoms with Crippen molar-refractivity contribution in [3.05, 3.63) is 0 Å². The van der Waals surface area contributed by atoms with Gasteiger partial charge in [0.05, 0.1) is 5.33 Å². The SMILES string of the molecule is CN(C)C(=O)[C@@H]1CCCN1C(=O)CBr. The van der Waals surface area contributed by atoms with E-state index in [1.54, 1.807) is 23.9 Å². The van der Waals surface area contributed by atoms with Crippen LogP contribution < -0.4 is 0 Å². The first-order valence-electron chi connectivity index (χ1n) is 4.64.